The standard InChI is InChI=1S/C10H10Cl2N4/c11-8-2-1-3-9(12)7(8)6-15-16-10-13-4-5-14-10/h1-3,6H,4-5H2,(H2,13,14,16)/b15-6+. The molecule has 0 amide bonds. The van der Waals surface area contributed by atoms with E-state index in [0.717, 1.165) is 13.1 Å². The first-order chi connectivity index (χ1) is 7.77. The molecule has 0 aromatic heterocycles. The molecule has 1 aromatic carbocycles. The fourth-order valence-electron chi connectivity index (χ4n) is 1.26. The van der Waals surface area contributed by atoms with Crippen molar-refractivity contribution in [1.82, 2.24) is 10.7 Å². The van der Waals surface area contributed by atoms with E-state index in [1.807, 2.05) is 0 Å². The number of aliphatic imine (C=N–C) groups is 1. The van der Waals surface area contributed by atoms with Gasteiger partial charge in [-0.15, -0.1) is 0 Å². The molecule has 0 saturated heterocycles. The number of benzene rings is 1. The van der Waals surface area contributed by atoms with Gasteiger partial charge in [0.2, 0.25) is 5.96 Å². The number of hydrogen-bond donors (Lipinski definition) is 2. The molecule has 0 saturated carbocycles. The first kappa shape index (κ1) is 11.2. The molecular weight excluding hydrogens is 247 g/mol. The smallest absolute Gasteiger partial charge is 0.212 e. The maximum atomic E-state index is 5.98. The highest BCUT2D eigenvalue weighted by Crippen LogP contribution is 2.21. The number of hydrogen-bond acceptors (Lipinski definition) is 4. The third-order valence-electron chi connectivity index (χ3n) is 2.04. The third-order valence-corrected chi connectivity index (χ3v) is 2.70. The van der Waals surface area contributed by atoms with Crippen molar-refractivity contribution in [3.05, 3.63) is 33.8 Å². The van der Waals surface area contributed by atoms with Gasteiger partial charge in [0.05, 0.1) is 22.8 Å². The molecule has 1 aliphatic rings. The lowest BCUT2D eigenvalue weighted by Crippen LogP contribution is -2.30. The average molecular weight is 257 g/mol. The lowest BCUT2D eigenvalue weighted by molar-refractivity contribution is 0.920. The highest BCUT2D eigenvalue weighted by atomic mass is 35.5. The van der Waals surface area contributed by atoms with E-state index in [-0.39, 0.29) is 0 Å². The number of guanidine groups is 1. The van der Waals surface area contributed by atoms with Crippen LogP contribution in [0.5, 0.6) is 0 Å². The Morgan fingerprint density at radius 3 is 2.75 bits per heavy atom. The summed E-state index contributed by atoms with van der Waals surface area (Å²) >= 11 is 12.0. The van der Waals surface area contributed by atoms with Gasteiger partial charge in [-0.25, -0.2) is 10.4 Å². The molecule has 0 spiro atoms. The largest absolute Gasteiger partial charge is 0.353 e. The average Bonchev–Trinajstić information content (AvgIpc) is 2.75. The highest BCUT2D eigenvalue weighted by molar-refractivity contribution is 6.38. The van der Waals surface area contributed by atoms with Gasteiger partial charge in [0.15, 0.2) is 0 Å². The summed E-state index contributed by atoms with van der Waals surface area (Å²) < 4.78 is 0. The van der Waals surface area contributed by atoms with E-state index >= 15 is 0 Å². The van der Waals surface area contributed by atoms with Crippen molar-refractivity contribution in [2.24, 2.45) is 10.1 Å². The summed E-state index contributed by atoms with van der Waals surface area (Å²) in [5, 5.41) is 8.18. The van der Waals surface area contributed by atoms with Gasteiger partial charge >= 0.3 is 0 Å². The van der Waals surface area contributed by atoms with E-state index in [1.54, 1.807) is 24.4 Å². The van der Waals surface area contributed by atoms with E-state index in [9.17, 15) is 0 Å². The molecule has 84 valence electrons. The molecular formula is C10H10Cl2N4. The summed E-state index contributed by atoms with van der Waals surface area (Å²) in [6.07, 6.45) is 1.58. The molecule has 1 heterocycles. The quantitative estimate of drug-likeness (QED) is 0.627. The summed E-state index contributed by atoms with van der Waals surface area (Å²) in [6.45, 7) is 1.61. The second-order valence-electron chi connectivity index (χ2n) is 3.16. The van der Waals surface area contributed by atoms with Crippen molar-refractivity contribution in [3.8, 4) is 0 Å². The Balaban J connectivity index is 2.05. The zero-order chi connectivity index (χ0) is 11.4. The highest BCUT2D eigenvalue weighted by Gasteiger charge is 2.03. The summed E-state index contributed by atoms with van der Waals surface area (Å²) in [5.41, 5.74) is 3.47. The monoisotopic (exact) mass is 256 g/mol. The first-order valence-corrected chi connectivity index (χ1v) is 5.54. The van der Waals surface area contributed by atoms with Crippen molar-refractivity contribution >= 4 is 35.4 Å². The molecule has 0 aliphatic carbocycles. The molecule has 0 unspecified atom stereocenters. The van der Waals surface area contributed by atoms with E-state index in [1.165, 1.54) is 0 Å². The Labute approximate surface area is 103 Å². The second-order valence-corrected chi connectivity index (χ2v) is 3.98. The number of hydrazone groups is 1. The lowest BCUT2D eigenvalue weighted by Gasteiger charge is -2.01. The molecule has 0 bridgehead atoms. The van der Waals surface area contributed by atoms with Crippen molar-refractivity contribution in [3.63, 3.8) is 0 Å². The van der Waals surface area contributed by atoms with Gasteiger partial charge < -0.3 is 5.32 Å². The molecule has 6 heteroatoms. The van der Waals surface area contributed by atoms with E-state index in [4.69, 9.17) is 23.2 Å². The van der Waals surface area contributed by atoms with E-state index < -0.39 is 0 Å². The van der Waals surface area contributed by atoms with Gasteiger partial charge in [-0.05, 0) is 12.1 Å². The molecule has 1 aromatic rings. The summed E-state index contributed by atoms with van der Waals surface area (Å²) in [4.78, 5) is 4.13. The van der Waals surface area contributed by atoms with Crippen LogP contribution in [0.3, 0.4) is 0 Å². The van der Waals surface area contributed by atoms with E-state index in [2.05, 4.69) is 20.8 Å². The van der Waals surface area contributed by atoms with Crippen LogP contribution in [0, 0.1) is 0 Å². The molecule has 0 fully saturated rings. The maximum Gasteiger partial charge on any atom is 0.212 e. The van der Waals surface area contributed by atoms with Crippen LogP contribution in [0.4, 0.5) is 0 Å². The minimum atomic E-state index is 0.569. The fourth-order valence-corrected chi connectivity index (χ4v) is 1.76. The van der Waals surface area contributed by atoms with Crippen LogP contribution in [0.25, 0.3) is 0 Å². The lowest BCUT2D eigenvalue weighted by atomic mass is 10.2. The molecule has 2 rings (SSSR count). The summed E-state index contributed by atoms with van der Waals surface area (Å²) in [6, 6.07) is 5.32. The molecule has 0 radical (unpaired) electrons. The molecule has 16 heavy (non-hydrogen) atoms. The van der Waals surface area contributed by atoms with Gasteiger partial charge in [-0.2, -0.15) is 5.10 Å². The van der Waals surface area contributed by atoms with Crippen LogP contribution in [-0.2, 0) is 0 Å². The summed E-state index contributed by atoms with van der Waals surface area (Å²) in [5.74, 6) is 0.666. The van der Waals surface area contributed by atoms with Crippen molar-refractivity contribution in [1.29, 1.82) is 0 Å². The minimum absolute atomic E-state index is 0.569. The fraction of sp³-hybridized carbons (Fsp3) is 0.200. The van der Waals surface area contributed by atoms with Crippen LogP contribution in [-0.4, -0.2) is 25.3 Å². The van der Waals surface area contributed by atoms with Gasteiger partial charge in [0.1, 0.15) is 0 Å². The van der Waals surface area contributed by atoms with Gasteiger partial charge in [-0.3, -0.25) is 0 Å². The number of nitrogens with one attached hydrogen (secondary N) is 2. The first-order valence-electron chi connectivity index (χ1n) is 4.79. The van der Waals surface area contributed by atoms with Gasteiger partial charge in [0.25, 0.3) is 0 Å². The normalized spacial score (nSPS) is 15.0. The van der Waals surface area contributed by atoms with Crippen LogP contribution in [0.2, 0.25) is 10.0 Å². The van der Waals surface area contributed by atoms with Crippen molar-refractivity contribution in [2.75, 3.05) is 13.1 Å². The molecule has 4 nitrogen and oxygen atoms in total. The van der Waals surface area contributed by atoms with E-state index in [0.29, 0.717) is 21.6 Å². The predicted octanol–water partition coefficient (Wildman–Crippen LogP) is 1.88. The zero-order valence-electron chi connectivity index (χ0n) is 8.37. The Kier molecular flexibility index (Phi) is 3.64. The Hall–Kier alpha value is -1.26. The van der Waals surface area contributed by atoms with Crippen LogP contribution < -0.4 is 10.7 Å². The second kappa shape index (κ2) is 5.18. The topological polar surface area (TPSA) is 48.8 Å². The van der Waals surface area contributed by atoms with Crippen molar-refractivity contribution in [2.45, 2.75) is 0 Å². The molecule has 2 N–H and O–H groups in total. The number of nitrogens with zero attached hydrogens (tertiary/aromatic N) is 2. The summed E-state index contributed by atoms with van der Waals surface area (Å²) in [7, 11) is 0. The van der Waals surface area contributed by atoms with Crippen LogP contribution in [0.15, 0.2) is 28.3 Å². The Bertz CT molecular complexity index is 422. The number of rotatable bonds is 2. The minimum Gasteiger partial charge on any atom is -0.353 e. The predicted molar refractivity (Wildman–Crippen MR) is 67.5 cm³/mol. The van der Waals surface area contributed by atoms with Gasteiger partial charge in [0, 0.05) is 12.1 Å². The number of halogens is 2. The zero-order valence-corrected chi connectivity index (χ0v) is 9.89. The molecule has 0 atom stereocenters. The van der Waals surface area contributed by atoms with Crippen LogP contribution >= 0.6 is 23.2 Å². The molecule has 1 aliphatic heterocycles. The Morgan fingerprint density at radius 2 is 2.12 bits per heavy atom. The van der Waals surface area contributed by atoms with Crippen molar-refractivity contribution < 1.29 is 0 Å². The SMILES string of the molecule is Clc1cccc(Cl)c1/C=N/NC1=NCCN1. The van der Waals surface area contributed by atoms with Gasteiger partial charge in [-0.1, -0.05) is 29.3 Å². The van der Waals surface area contributed by atoms with Crippen LogP contribution in [0.1, 0.15) is 5.56 Å². The third kappa shape index (κ3) is 2.65. The Morgan fingerprint density at radius 1 is 1.38 bits per heavy atom. The maximum absolute atomic E-state index is 5.98.